The van der Waals surface area contributed by atoms with Crippen LogP contribution in [0.25, 0.3) is 11.0 Å². The number of aryl methyl sites for hydroxylation is 1. The third kappa shape index (κ3) is 3.27. The number of halogens is 2. The lowest BCUT2D eigenvalue weighted by atomic mass is 9.99. The van der Waals surface area contributed by atoms with E-state index in [1.807, 2.05) is 23.8 Å². The summed E-state index contributed by atoms with van der Waals surface area (Å²) in [6.07, 6.45) is 3.76. The number of urea groups is 1. The number of hydrogen-bond acceptors (Lipinski definition) is 6. The van der Waals surface area contributed by atoms with Crippen molar-refractivity contribution in [2.24, 2.45) is 0 Å². The molecule has 1 spiro atoms. The molecule has 9 nitrogen and oxygen atoms in total. The summed E-state index contributed by atoms with van der Waals surface area (Å²) in [5, 5.41) is 5.81. The van der Waals surface area contributed by atoms with E-state index in [1.165, 1.54) is 4.90 Å². The summed E-state index contributed by atoms with van der Waals surface area (Å²) in [4.78, 5) is 29.5. The molecule has 3 amide bonds. The number of fused-ring (bicyclic) bond motifs is 1. The van der Waals surface area contributed by atoms with Crippen LogP contribution in [0.4, 0.5) is 19.3 Å². The highest BCUT2D eigenvalue weighted by atomic mass is 19.3. The van der Waals surface area contributed by atoms with E-state index in [2.05, 4.69) is 15.6 Å². The van der Waals surface area contributed by atoms with Crippen molar-refractivity contribution in [2.75, 3.05) is 37.7 Å². The van der Waals surface area contributed by atoms with Crippen LogP contribution < -0.4 is 15.5 Å². The highest BCUT2D eigenvalue weighted by molar-refractivity contribution is 6.06. The van der Waals surface area contributed by atoms with Gasteiger partial charge >= 0.3 is 12.0 Å². The minimum Gasteiger partial charge on any atom is -0.343 e. The fourth-order valence-electron chi connectivity index (χ4n) is 4.40. The van der Waals surface area contributed by atoms with Gasteiger partial charge in [-0.15, -0.1) is 0 Å². The van der Waals surface area contributed by atoms with E-state index < -0.39 is 24.3 Å². The van der Waals surface area contributed by atoms with Gasteiger partial charge in [0.05, 0.1) is 37.7 Å². The van der Waals surface area contributed by atoms with Gasteiger partial charge in [-0.3, -0.25) is 15.0 Å². The summed E-state index contributed by atoms with van der Waals surface area (Å²) in [5.41, 5.74) is 2.16. The molecule has 2 N–H and O–H groups in total. The van der Waals surface area contributed by atoms with Gasteiger partial charge in [0.15, 0.2) is 0 Å². The molecule has 2 aromatic heterocycles. The molecule has 5 rings (SSSR count). The van der Waals surface area contributed by atoms with Gasteiger partial charge in [-0.25, -0.2) is 9.78 Å². The summed E-state index contributed by atoms with van der Waals surface area (Å²) in [6.45, 7) is 2.30. The van der Waals surface area contributed by atoms with Crippen molar-refractivity contribution in [1.29, 1.82) is 0 Å². The van der Waals surface area contributed by atoms with Gasteiger partial charge in [0.25, 0.3) is 0 Å². The number of nitrogens with one attached hydrogen (secondary N) is 2. The number of carbonyl (C=O) groups is 2. The van der Waals surface area contributed by atoms with Crippen LogP contribution in [0.5, 0.6) is 0 Å². The number of ether oxygens (including phenoxy) is 2. The molecule has 0 radical (unpaired) electrons. The summed E-state index contributed by atoms with van der Waals surface area (Å²) >= 11 is 0. The van der Waals surface area contributed by atoms with Crippen LogP contribution in [-0.2, 0) is 14.3 Å². The Kier molecular flexibility index (Phi) is 4.72. The number of piperidine rings is 1. The van der Waals surface area contributed by atoms with Crippen LogP contribution >= 0.6 is 0 Å². The number of hydrogen-bond donors (Lipinski definition) is 2. The second-order valence-corrected chi connectivity index (χ2v) is 8.20. The lowest BCUT2D eigenvalue weighted by Crippen LogP contribution is -2.64. The molecule has 0 bridgehead atoms. The number of carbonyl (C=O) groups excluding carboxylic acids is 2. The highest BCUT2D eigenvalue weighted by Gasteiger charge is 2.59. The fourth-order valence-corrected chi connectivity index (χ4v) is 4.40. The zero-order chi connectivity index (χ0) is 21.8. The van der Waals surface area contributed by atoms with Crippen molar-refractivity contribution in [2.45, 2.75) is 37.5 Å². The Balaban J connectivity index is 1.39. The molecule has 0 aliphatic carbocycles. The summed E-state index contributed by atoms with van der Waals surface area (Å²) in [5.74, 6) is -5.28. The van der Waals surface area contributed by atoms with Crippen LogP contribution in [0.15, 0.2) is 18.5 Å². The first-order chi connectivity index (χ1) is 14.8. The molecule has 2 aromatic rings. The van der Waals surface area contributed by atoms with Crippen molar-refractivity contribution in [3.63, 3.8) is 0 Å². The van der Waals surface area contributed by atoms with Crippen LogP contribution in [0, 0.1) is 6.92 Å². The van der Waals surface area contributed by atoms with E-state index in [9.17, 15) is 18.4 Å². The number of alkyl halides is 2. The van der Waals surface area contributed by atoms with Crippen LogP contribution in [0.3, 0.4) is 0 Å². The molecule has 0 unspecified atom stereocenters. The second-order valence-electron chi connectivity index (χ2n) is 8.20. The third-order valence-electron chi connectivity index (χ3n) is 6.17. The van der Waals surface area contributed by atoms with E-state index in [4.69, 9.17) is 9.47 Å². The van der Waals surface area contributed by atoms with E-state index in [0.29, 0.717) is 17.9 Å². The van der Waals surface area contributed by atoms with Crippen molar-refractivity contribution in [3.05, 3.63) is 24.0 Å². The van der Waals surface area contributed by atoms with E-state index >= 15 is 0 Å². The lowest BCUT2D eigenvalue weighted by molar-refractivity contribution is -0.371. The predicted molar refractivity (Wildman–Crippen MR) is 106 cm³/mol. The Hall–Kier alpha value is -2.63. The van der Waals surface area contributed by atoms with Crippen LogP contribution in [0.2, 0.25) is 0 Å². The molecule has 5 heterocycles. The largest absolute Gasteiger partial charge is 0.343 e. The van der Waals surface area contributed by atoms with Crippen molar-refractivity contribution in [3.8, 4) is 0 Å². The number of amides is 3. The molecular formula is C20H23F2N5O4. The Morgan fingerprint density at radius 2 is 2.03 bits per heavy atom. The normalized spacial score (nSPS) is 28.9. The van der Waals surface area contributed by atoms with Gasteiger partial charge in [-0.1, -0.05) is 0 Å². The number of nitrogens with zero attached hydrogens (tertiary/aromatic N) is 3. The van der Waals surface area contributed by atoms with Gasteiger partial charge < -0.3 is 19.4 Å². The second kappa shape index (κ2) is 7.21. The third-order valence-corrected chi connectivity index (χ3v) is 6.17. The van der Waals surface area contributed by atoms with Gasteiger partial charge in [-0.05, 0) is 18.6 Å². The first kappa shape index (κ1) is 20.3. The van der Waals surface area contributed by atoms with Crippen molar-refractivity contribution < 1.29 is 27.8 Å². The zero-order valence-electron chi connectivity index (χ0n) is 17.0. The van der Waals surface area contributed by atoms with Crippen molar-refractivity contribution >= 4 is 28.7 Å². The molecule has 11 heteroatoms. The monoisotopic (exact) mass is 435 g/mol. The molecule has 31 heavy (non-hydrogen) atoms. The first-order valence-corrected chi connectivity index (χ1v) is 10.2. The van der Waals surface area contributed by atoms with Crippen LogP contribution in [0.1, 0.15) is 24.4 Å². The van der Waals surface area contributed by atoms with Gasteiger partial charge in [-0.2, -0.15) is 8.78 Å². The maximum Gasteiger partial charge on any atom is 0.328 e. The molecular weight excluding hydrogens is 412 g/mol. The zero-order valence-corrected chi connectivity index (χ0v) is 17.0. The molecule has 3 saturated heterocycles. The molecule has 3 aliphatic heterocycles. The SMILES string of the molecule is Cc1cn(C2COC3(CCNCC3(F)F)OC2)c2ncc(N3CCC(=O)NC3=O)cc12. The summed E-state index contributed by atoms with van der Waals surface area (Å²) in [6, 6.07) is 1.06. The highest BCUT2D eigenvalue weighted by Crippen LogP contribution is 2.42. The Bertz CT molecular complexity index is 1050. The Morgan fingerprint density at radius 1 is 1.26 bits per heavy atom. The molecule has 0 saturated carbocycles. The first-order valence-electron chi connectivity index (χ1n) is 10.2. The Labute approximate surface area is 176 Å². The van der Waals surface area contributed by atoms with Gasteiger partial charge in [0.2, 0.25) is 11.7 Å². The van der Waals surface area contributed by atoms with Gasteiger partial charge in [0, 0.05) is 37.5 Å². The minimum atomic E-state index is -3.10. The molecule has 0 aromatic carbocycles. The smallest absolute Gasteiger partial charge is 0.328 e. The van der Waals surface area contributed by atoms with Crippen LogP contribution in [-0.4, -0.2) is 66.0 Å². The lowest BCUT2D eigenvalue weighted by Gasteiger charge is -2.47. The van der Waals surface area contributed by atoms with Gasteiger partial charge in [0.1, 0.15) is 5.65 Å². The topological polar surface area (TPSA) is 97.7 Å². The molecule has 166 valence electrons. The average Bonchev–Trinajstić information content (AvgIpc) is 3.07. The number of anilines is 1. The maximum absolute atomic E-state index is 14.4. The Morgan fingerprint density at radius 3 is 2.74 bits per heavy atom. The summed E-state index contributed by atoms with van der Waals surface area (Å²) in [7, 11) is 0. The average molecular weight is 435 g/mol. The van der Waals surface area contributed by atoms with E-state index in [1.54, 1.807) is 6.20 Å². The molecule has 3 aliphatic rings. The number of imide groups is 1. The fraction of sp³-hybridized carbons (Fsp3) is 0.550. The summed E-state index contributed by atoms with van der Waals surface area (Å²) < 4.78 is 42.0. The quantitative estimate of drug-likeness (QED) is 0.746. The minimum absolute atomic E-state index is 0.0822. The number of rotatable bonds is 2. The van der Waals surface area contributed by atoms with E-state index in [0.717, 1.165) is 10.9 Å². The van der Waals surface area contributed by atoms with E-state index in [-0.39, 0.29) is 44.5 Å². The molecule has 0 atom stereocenters. The molecule has 3 fully saturated rings. The maximum atomic E-state index is 14.4. The number of pyridine rings is 1. The standard InChI is InChI=1S/C20H23F2N5O4/c1-12-8-27(14-9-30-20(31-10-14)3-4-23-11-19(20,21)22)17-15(12)6-13(7-24-17)26-5-2-16(28)25-18(26)29/h6-8,14,23H,2-5,9-11H2,1H3,(H,25,28,29). The van der Waals surface area contributed by atoms with Crippen molar-refractivity contribution in [1.82, 2.24) is 20.2 Å². The predicted octanol–water partition coefficient (Wildman–Crippen LogP) is 1.70. The number of aromatic nitrogens is 2.